The number of piperidine rings is 1. The van der Waals surface area contributed by atoms with Crippen LogP contribution >= 0.6 is 0 Å². The normalized spacial score (nSPS) is 23.5. The number of halogens is 4. The molecule has 2 aromatic rings. The van der Waals surface area contributed by atoms with E-state index in [1.807, 2.05) is 6.07 Å². The number of carbonyl (C=O) groups is 2. The minimum atomic E-state index is -4.41. The Labute approximate surface area is 203 Å². The zero-order valence-electron chi connectivity index (χ0n) is 18.8. The number of likely N-dealkylation sites (tertiary alicyclic amines) is 1. The van der Waals surface area contributed by atoms with Crippen molar-refractivity contribution in [1.82, 2.24) is 9.88 Å². The quantitative estimate of drug-likeness (QED) is 0.582. The van der Waals surface area contributed by atoms with Crippen molar-refractivity contribution in [2.75, 3.05) is 25.0 Å². The van der Waals surface area contributed by atoms with E-state index in [0.717, 1.165) is 0 Å². The minimum absolute atomic E-state index is 0.0774. The standard InChI is InChI=1S/C24H22F4N4O4/c25-18-11-32(22(34)12-33)6-4-20(18)36-19-2-1-13(7-15(19)10-29)14-3-5-30-21(8-14)31-23(35)16-9-17(16)24(26,27)28/h1-3,5,7-8,16-18,20,33H,4,6,9,11-12H2,(H,30,31,35)/t16?,17?,18-,20+/m1/s1. The Morgan fingerprint density at radius 1 is 1.25 bits per heavy atom. The maximum Gasteiger partial charge on any atom is 0.392 e. The molecule has 12 heteroatoms. The number of nitrogens with one attached hydrogen (secondary N) is 1. The third-order valence-electron chi connectivity index (χ3n) is 6.24. The van der Waals surface area contributed by atoms with Gasteiger partial charge in [-0.1, -0.05) is 6.07 Å². The van der Waals surface area contributed by atoms with Crippen LogP contribution < -0.4 is 10.1 Å². The third kappa shape index (κ3) is 5.57. The summed E-state index contributed by atoms with van der Waals surface area (Å²) >= 11 is 0. The van der Waals surface area contributed by atoms with Gasteiger partial charge in [0.1, 0.15) is 30.3 Å². The van der Waals surface area contributed by atoms with Gasteiger partial charge >= 0.3 is 6.18 Å². The van der Waals surface area contributed by atoms with Crippen molar-refractivity contribution in [2.45, 2.75) is 31.3 Å². The Morgan fingerprint density at radius 2 is 2.00 bits per heavy atom. The summed E-state index contributed by atoms with van der Waals surface area (Å²) in [5.41, 5.74) is 1.23. The summed E-state index contributed by atoms with van der Waals surface area (Å²) < 4.78 is 58.5. The average molecular weight is 506 g/mol. The van der Waals surface area contributed by atoms with E-state index in [1.54, 1.807) is 12.1 Å². The molecule has 0 spiro atoms. The monoisotopic (exact) mass is 506 g/mol. The second kappa shape index (κ2) is 10.1. The Hall–Kier alpha value is -3.72. The van der Waals surface area contributed by atoms with Crippen molar-refractivity contribution in [3.63, 3.8) is 0 Å². The smallest absolute Gasteiger partial charge is 0.392 e. The molecule has 2 heterocycles. The number of nitrogens with zero attached hydrogens (tertiary/aromatic N) is 3. The van der Waals surface area contributed by atoms with Crippen molar-refractivity contribution in [3.05, 3.63) is 42.1 Å². The predicted octanol–water partition coefficient (Wildman–Crippen LogP) is 3.07. The molecule has 1 aromatic carbocycles. The van der Waals surface area contributed by atoms with Crippen LogP contribution in [-0.2, 0) is 9.59 Å². The first-order valence-corrected chi connectivity index (χ1v) is 11.2. The lowest BCUT2D eigenvalue weighted by Gasteiger charge is -2.34. The van der Waals surface area contributed by atoms with Gasteiger partial charge in [-0.05, 0) is 41.8 Å². The number of hydrogen-bond donors (Lipinski definition) is 2. The Balaban J connectivity index is 1.44. The molecule has 2 unspecified atom stereocenters. The summed E-state index contributed by atoms with van der Waals surface area (Å²) in [6, 6.07) is 9.71. The van der Waals surface area contributed by atoms with Crippen LogP contribution in [0.1, 0.15) is 18.4 Å². The SMILES string of the molecule is N#Cc1cc(-c2ccnc(NC(=O)C3CC3C(F)(F)F)c2)ccc1O[C@H]1CCN(C(=O)CO)C[C@H]1F. The van der Waals surface area contributed by atoms with E-state index in [2.05, 4.69) is 10.3 Å². The molecule has 0 radical (unpaired) electrons. The van der Waals surface area contributed by atoms with Crippen LogP contribution in [0.15, 0.2) is 36.5 Å². The van der Waals surface area contributed by atoms with Crippen molar-refractivity contribution < 1.29 is 37.0 Å². The van der Waals surface area contributed by atoms with E-state index in [-0.39, 0.29) is 43.1 Å². The molecule has 1 aliphatic carbocycles. The molecule has 2 fully saturated rings. The molecular formula is C24H22F4N4O4. The summed E-state index contributed by atoms with van der Waals surface area (Å²) in [6.07, 6.45) is -5.48. The highest BCUT2D eigenvalue weighted by Crippen LogP contribution is 2.50. The minimum Gasteiger partial charge on any atom is -0.486 e. The van der Waals surface area contributed by atoms with E-state index in [9.17, 15) is 32.4 Å². The molecule has 4 rings (SSSR count). The summed E-state index contributed by atoms with van der Waals surface area (Å²) in [5, 5.41) is 20.9. The first kappa shape index (κ1) is 25.4. The zero-order chi connectivity index (χ0) is 26.0. The van der Waals surface area contributed by atoms with Gasteiger partial charge in [0.05, 0.1) is 23.9 Å². The van der Waals surface area contributed by atoms with Crippen molar-refractivity contribution in [3.8, 4) is 22.9 Å². The lowest BCUT2D eigenvalue weighted by Crippen LogP contribution is -2.50. The molecule has 2 amide bonds. The fourth-order valence-corrected chi connectivity index (χ4v) is 4.15. The molecule has 0 bridgehead atoms. The van der Waals surface area contributed by atoms with E-state index >= 15 is 0 Å². The van der Waals surface area contributed by atoms with E-state index < -0.39 is 48.7 Å². The molecule has 4 atom stereocenters. The fourth-order valence-electron chi connectivity index (χ4n) is 4.15. The van der Waals surface area contributed by atoms with Gasteiger partial charge in [-0.15, -0.1) is 0 Å². The second-order valence-electron chi connectivity index (χ2n) is 8.69. The molecule has 8 nitrogen and oxygen atoms in total. The zero-order valence-corrected chi connectivity index (χ0v) is 18.8. The number of aliphatic hydroxyl groups excluding tert-OH is 1. The third-order valence-corrected chi connectivity index (χ3v) is 6.24. The summed E-state index contributed by atoms with van der Waals surface area (Å²) in [5.74, 6) is -3.86. The number of benzene rings is 1. The van der Waals surface area contributed by atoms with Gasteiger partial charge < -0.3 is 20.1 Å². The number of pyridine rings is 1. The predicted molar refractivity (Wildman–Crippen MR) is 118 cm³/mol. The Kier molecular flexibility index (Phi) is 7.12. The van der Waals surface area contributed by atoms with Crippen LogP contribution in [-0.4, -0.2) is 65.0 Å². The highest BCUT2D eigenvalue weighted by atomic mass is 19.4. The lowest BCUT2D eigenvalue weighted by atomic mass is 10.0. The summed E-state index contributed by atoms with van der Waals surface area (Å²) in [7, 11) is 0. The topological polar surface area (TPSA) is 116 Å². The molecule has 2 aliphatic rings. The maximum absolute atomic E-state index is 14.6. The number of alkyl halides is 4. The van der Waals surface area contributed by atoms with E-state index in [1.165, 1.54) is 29.3 Å². The highest BCUT2D eigenvalue weighted by molar-refractivity contribution is 5.94. The van der Waals surface area contributed by atoms with E-state index in [4.69, 9.17) is 9.84 Å². The molecule has 1 saturated carbocycles. The fraction of sp³-hybridized carbons (Fsp3) is 0.417. The number of aliphatic hydroxyl groups is 1. The molecular weight excluding hydrogens is 484 g/mol. The summed E-state index contributed by atoms with van der Waals surface area (Å²) in [6.45, 7) is -0.714. The van der Waals surface area contributed by atoms with Gasteiger partial charge in [-0.2, -0.15) is 18.4 Å². The number of amides is 2. The van der Waals surface area contributed by atoms with Crippen LogP contribution in [0.2, 0.25) is 0 Å². The Morgan fingerprint density at radius 3 is 2.64 bits per heavy atom. The lowest BCUT2D eigenvalue weighted by molar-refractivity contribution is -0.153. The largest absolute Gasteiger partial charge is 0.486 e. The van der Waals surface area contributed by atoms with E-state index in [0.29, 0.717) is 11.1 Å². The second-order valence-corrected chi connectivity index (χ2v) is 8.69. The first-order chi connectivity index (χ1) is 17.1. The Bertz CT molecular complexity index is 1200. The van der Waals surface area contributed by atoms with Gasteiger partial charge in [0.15, 0.2) is 6.17 Å². The number of nitriles is 1. The molecule has 1 aliphatic heterocycles. The van der Waals surface area contributed by atoms with Crippen LogP contribution in [0, 0.1) is 23.2 Å². The van der Waals surface area contributed by atoms with Gasteiger partial charge in [-0.3, -0.25) is 9.59 Å². The number of rotatable bonds is 6. The maximum atomic E-state index is 14.6. The van der Waals surface area contributed by atoms with Gasteiger partial charge in [0.2, 0.25) is 11.8 Å². The van der Waals surface area contributed by atoms with Gasteiger partial charge in [-0.25, -0.2) is 9.37 Å². The number of ether oxygens (including phenoxy) is 1. The van der Waals surface area contributed by atoms with Crippen LogP contribution in [0.5, 0.6) is 5.75 Å². The van der Waals surface area contributed by atoms with Crippen LogP contribution in [0.3, 0.4) is 0 Å². The molecule has 1 aromatic heterocycles. The van der Waals surface area contributed by atoms with Crippen molar-refractivity contribution in [2.24, 2.45) is 11.8 Å². The van der Waals surface area contributed by atoms with Crippen molar-refractivity contribution >= 4 is 17.6 Å². The number of anilines is 1. The summed E-state index contributed by atoms with van der Waals surface area (Å²) in [4.78, 5) is 28.9. The molecule has 36 heavy (non-hydrogen) atoms. The molecule has 2 N–H and O–H groups in total. The van der Waals surface area contributed by atoms with Crippen molar-refractivity contribution in [1.29, 1.82) is 5.26 Å². The molecule has 190 valence electrons. The van der Waals surface area contributed by atoms with Crippen LogP contribution in [0.4, 0.5) is 23.4 Å². The van der Waals surface area contributed by atoms with Crippen LogP contribution in [0.25, 0.3) is 11.1 Å². The highest BCUT2D eigenvalue weighted by Gasteiger charge is 2.58. The molecule has 1 saturated heterocycles. The number of aromatic nitrogens is 1. The first-order valence-electron chi connectivity index (χ1n) is 11.2. The van der Waals surface area contributed by atoms with Gasteiger partial charge in [0, 0.05) is 19.2 Å². The number of carbonyl (C=O) groups excluding carboxylic acids is 2. The number of hydrogen-bond acceptors (Lipinski definition) is 6. The average Bonchev–Trinajstić information content (AvgIpc) is 3.67. The van der Waals surface area contributed by atoms with Gasteiger partial charge in [0.25, 0.3) is 0 Å².